The largest absolute Gasteiger partial charge is 0.289 e. The van der Waals surface area contributed by atoms with Gasteiger partial charge < -0.3 is 0 Å². The SMILES string of the molecule is O=C1c2ccccc2-c2nc(-n3c4ccccc4c4cc5c6c(c43)-c3cc4ccccc4cc3C(CC6)c3ccccc3-5)nc3cccc1c23. The Hall–Kier alpha value is -6.39. The van der Waals surface area contributed by atoms with Crippen LogP contribution in [0.15, 0.2) is 133 Å². The van der Waals surface area contributed by atoms with E-state index in [0.717, 1.165) is 46.0 Å². The molecule has 0 spiro atoms. The summed E-state index contributed by atoms with van der Waals surface area (Å²) in [5, 5.41) is 5.71. The molecule has 1 unspecified atom stereocenters. The third-order valence-corrected chi connectivity index (χ3v) is 11.5. The molecule has 0 saturated carbocycles. The zero-order valence-electron chi connectivity index (χ0n) is 26.9. The van der Waals surface area contributed by atoms with E-state index in [1.807, 2.05) is 42.5 Å². The summed E-state index contributed by atoms with van der Waals surface area (Å²) in [4.78, 5) is 24.4. The summed E-state index contributed by atoms with van der Waals surface area (Å²) in [6.07, 6.45) is 2.04. The maximum absolute atomic E-state index is 13.7. The molecule has 1 atom stereocenters. The van der Waals surface area contributed by atoms with Gasteiger partial charge in [0, 0.05) is 44.3 Å². The minimum Gasteiger partial charge on any atom is -0.289 e. The molecule has 0 N–H and O–H groups in total. The van der Waals surface area contributed by atoms with Gasteiger partial charge in [-0.15, -0.1) is 0 Å². The summed E-state index contributed by atoms with van der Waals surface area (Å²) in [7, 11) is 0. The predicted octanol–water partition coefficient (Wildman–Crippen LogP) is 10.8. The number of fused-ring (bicyclic) bond motifs is 15. The highest BCUT2D eigenvalue weighted by Crippen LogP contribution is 2.54. The molecule has 50 heavy (non-hydrogen) atoms. The van der Waals surface area contributed by atoms with Crippen molar-refractivity contribution in [2.24, 2.45) is 0 Å². The lowest BCUT2D eigenvalue weighted by atomic mass is 9.79. The molecule has 2 bridgehead atoms. The van der Waals surface area contributed by atoms with Crippen molar-refractivity contribution < 1.29 is 4.79 Å². The Bertz CT molecular complexity index is 3020. The quantitative estimate of drug-likeness (QED) is 0.180. The molecule has 4 nitrogen and oxygen atoms in total. The van der Waals surface area contributed by atoms with Crippen LogP contribution in [0.5, 0.6) is 0 Å². The van der Waals surface area contributed by atoms with Crippen LogP contribution in [-0.2, 0) is 6.42 Å². The Kier molecular flexibility index (Phi) is 4.99. The molecular weight excluding hydrogens is 611 g/mol. The van der Waals surface area contributed by atoms with Gasteiger partial charge in [0.1, 0.15) is 0 Å². The van der Waals surface area contributed by atoms with Gasteiger partial charge in [-0.25, -0.2) is 9.97 Å². The average Bonchev–Trinajstić information content (AvgIpc) is 3.28. The van der Waals surface area contributed by atoms with Crippen molar-refractivity contribution >= 4 is 49.3 Å². The number of carbonyl (C=O) groups is 1. The van der Waals surface area contributed by atoms with E-state index in [4.69, 9.17) is 9.97 Å². The van der Waals surface area contributed by atoms with Crippen LogP contribution in [0, 0.1) is 0 Å². The van der Waals surface area contributed by atoms with Gasteiger partial charge in [-0.1, -0.05) is 103 Å². The predicted molar refractivity (Wildman–Crippen MR) is 201 cm³/mol. The number of para-hydroxylation sites is 1. The van der Waals surface area contributed by atoms with E-state index in [1.54, 1.807) is 0 Å². The zero-order chi connectivity index (χ0) is 32.7. The third kappa shape index (κ3) is 3.28. The Morgan fingerprint density at radius 3 is 2.22 bits per heavy atom. The molecule has 0 radical (unpaired) electrons. The van der Waals surface area contributed by atoms with Gasteiger partial charge in [-0.2, -0.15) is 0 Å². The first kappa shape index (κ1) is 26.6. The molecule has 3 aliphatic rings. The molecule has 7 aromatic carbocycles. The molecule has 4 heteroatoms. The second-order valence-electron chi connectivity index (χ2n) is 13.9. The van der Waals surface area contributed by atoms with Crippen molar-refractivity contribution in [3.05, 3.63) is 161 Å². The van der Waals surface area contributed by atoms with E-state index in [9.17, 15) is 4.79 Å². The number of hydrogen-bond acceptors (Lipinski definition) is 3. The van der Waals surface area contributed by atoms with Crippen LogP contribution < -0.4 is 0 Å². The fourth-order valence-corrected chi connectivity index (χ4v) is 9.43. The normalized spacial score (nSPS) is 15.3. The van der Waals surface area contributed by atoms with Crippen molar-refractivity contribution in [3.63, 3.8) is 0 Å². The molecule has 12 rings (SSSR count). The number of benzene rings is 7. The van der Waals surface area contributed by atoms with E-state index in [2.05, 4.69) is 95.6 Å². The number of aromatic nitrogens is 3. The summed E-state index contributed by atoms with van der Waals surface area (Å²) in [5.74, 6) is 0.936. The van der Waals surface area contributed by atoms with E-state index in [0.29, 0.717) is 17.1 Å². The lowest BCUT2D eigenvalue weighted by molar-refractivity contribution is 0.104. The van der Waals surface area contributed by atoms with E-state index in [1.165, 1.54) is 60.5 Å². The molecular formula is C46H27N3O. The maximum Gasteiger partial charge on any atom is 0.235 e. The monoisotopic (exact) mass is 637 g/mol. The Morgan fingerprint density at radius 1 is 0.580 bits per heavy atom. The first-order valence-corrected chi connectivity index (χ1v) is 17.4. The van der Waals surface area contributed by atoms with Crippen LogP contribution in [-0.4, -0.2) is 20.3 Å². The summed E-state index contributed by atoms with van der Waals surface area (Å²) in [6.45, 7) is 0. The van der Waals surface area contributed by atoms with Crippen molar-refractivity contribution in [1.82, 2.24) is 14.5 Å². The Morgan fingerprint density at radius 2 is 1.32 bits per heavy atom. The van der Waals surface area contributed by atoms with Gasteiger partial charge in [0.2, 0.25) is 5.95 Å². The number of ketones is 1. The van der Waals surface area contributed by atoms with Crippen LogP contribution in [0.4, 0.5) is 0 Å². The lowest BCUT2D eigenvalue weighted by Crippen LogP contribution is -2.13. The molecule has 0 fully saturated rings. The van der Waals surface area contributed by atoms with Crippen LogP contribution in [0.25, 0.3) is 82.9 Å². The topological polar surface area (TPSA) is 47.8 Å². The van der Waals surface area contributed by atoms with E-state index >= 15 is 0 Å². The van der Waals surface area contributed by atoms with Crippen LogP contribution in [0.3, 0.4) is 0 Å². The molecule has 2 aromatic heterocycles. The molecule has 0 amide bonds. The fourth-order valence-electron chi connectivity index (χ4n) is 9.43. The van der Waals surface area contributed by atoms with Gasteiger partial charge in [-0.3, -0.25) is 9.36 Å². The van der Waals surface area contributed by atoms with E-state index < -0.39 is 0 Å². The second-order valence-corrected chi connectivity index (χ2v) is 13.9. The van der Waals surface area contributed by atoms with Crippen molar-refractivity contribution in [2.45, 2.75) is 18.8 Å². The number of hydrogen-bond donors (Lipinski definition) is 0. The highest BCUT2D eigenvalue weighted by atomic mass is 16.1. The Labute approximate surface area is 287 Å². The van der Waals surface area contributed by atoms with Crippen molar-refractivity contribution in [1.29, 1.82) is 0 Å². The van der Waals surface area contributed by atoms with Crippen LogP contribution >= 0.6 is 0 Å². The van der Waals surface area contributed by atoms with Crippen LogP contribution in [0.2, 0.25) is 0 Å². The fraction of sp³-hybridized carbons (Fsp3) is 0.0652. The summed E-state index contributed by atoms with van der Waals surface area (Å²) < 4.78 is 2.31. The lowest BCUT2D eigenvalue weighted by Gasteiger charge is -2.25. The highest BCUT2D eigenvalue weighted by molar-refractivity contribution is 6.25. The minimum atomic E-state index is 0.0258. The summed E-state index contributed by atoms with van der Waals surface area (Å²) in [6, 6.07) is 47.5. The first-order chi connectivity index (χ1) is 24.7. The molecule has 232 valence electrons. The average molecular weight is 638 g/mol. The standard InChI is InChI=1S/C46H27N3O/c50-45-33-16-6-5-15-32(33)43-42-34(45)17-9-18-39(42)47-46(48-43)49-40-19-8-7-14-30(40)38-24-36-28-13-4-3-12-27(28)29-20-21-31(36)41(44(38)49)37-23-26-11-2-1-10-25(26)22-35(29)37/h1-19,22-24,29H,20-21H2. The number of carbonyl (C=O) groups excluding carboxylic acids is 1. The highest BCUT2D eigenvalue weighted by Gasteiger charge is 2.35. The number of nitrogens with zero attached hydrogens (tertiary/aromatic N) is 3. The van der Waals surface area contributed by atoms with Gasteiger partial charge in [0.25, 0.3) is 0 Å². The smallest absolute Gasteiger partial charge is 0.235 e. The molecule has 0 saturated heterocycles. The molecule has 9 aromatic rings. The third-order valence-electron chi connectivity index (χ3n) is 11.5. The van der Waals surface area contributed by atoms with Crippen molar-refractivity contribution in [2.75, 3.05) is 0 Å². The first-order valence-electron chi connectivity index (χ1n) is 17.4. The number of rotatable bonds is 1. The van der Waals surface area contributed by atoms with Crippen molar-refractivity contribution in [3.8, 4) is 39.5 Å². The van der Waals surface area contributed by atoms with Gasteiger partial charge in [0.05, 0.1) is 22.2 Å². The van der Waals surface area contributed by atoms with Crippen LogP contribution in [0.1, 0.15) is 45.0 Å². The molecule has 2 heterocycles. The zero-order valence-corrected chi connectivity index (χ0v) is 26.9. The maximum atomic E-state index is 13.7. The molecule has 3 aliphatic carbocycles. The second kappa shape index (κ2) is 9.40. The van der Waals surface area contributed by atoms with Gasteiger partial charge >= 0.3 is 0 Å². The summed E-state index contributed by atoms with van der Waals surface area (Å²) in [5.41, 5.74) is 15.5. The summed E-state index contributed by atoms with van der Waals surface area (Å²) >= 11 is 0. The Balaban J connectivity index is 1.29. The van der Waals surface area contributed by atoms with Gasteiger partial charge in [0.15, 0.2) is 5.78 Å². The minimum absolute atomic E-state index is 0.0258. The molecule has 0 aliphatic heterocycles. The van der Waals surface area contributed by atoms with Gasteiger partial charge in [-0.05, 0) is 87.3 Å². The van der Waals surface area contributed by atoms with E-state index in [-0.39, 0.29) is 11.7 Å².